The van der Waals surface area contributed by atoms with Crippen LogP contribution in [0.4, 0.5) is 0 Å². The van der Waals surface area contributed by atoms with E-state index in [1.807, 2.05) is 48.2 Å². The molecule has 5 nitrogen and oxygen atoms in total. The quantitative estimate of drug-likeness (QED) is 0.659. The van der Waals surface area contributed by atoms with E-state index in [0.717, 1.165) is 35.4 Å². The van der Waals surface area contributed by atoms with Gasteiger partial charge in [-0.1, -0.05) is 29.8 Å². The Balaban J connectivity index is 1.42. The fourth-order valence-corrected chi connectivity index (χ4v) is 3.38. The minimum absolute atomic E-state index is 0.0308. The molecule has 0 spiro atoms. The van der Waals surface area contributed by atoms with Crippen LogP contribution in [-0.4, -0.2) is 52.7 Å². The highest BCUT2D eigenvalue weighted by atomic mass is 79.9. The third-order valence-corrected chi connectivity index (χ3v) is 5.31. The van der Waals surface area contributed by atoms with Crippen molar-refractivity contribution in [1.29, 1.82) is 0 Å². The van der Waals surface area contributed by atoms with Crippen molar-refractivity contribution >= 4 is 27.6 Å². The molecule has 0 unspecified atom stereocenters. The number of amides is 1. The van der Waals surface area contributed by atoms with Gasteiger partial charge in [0.1, 0.15) is 0 Å². The van der Waals surface area contributed by atoms with Gasteiger partial charge in [0.25, 0.3) is 0 Å². The molecule has 27 heavy (non-hydrogen) atoms. The van der Waals surface area contributed by atoms with Gasteiger partial charge in [0.2, 0.25) is 5.91 Å². The first-order chi connectivity index (χ1) is 13.0. The third-order valence-electron chi connectivity index (χ3n) is 4.84. The summed E-state index contributed by atoms with van der Waals surface area (Å²) < 4.78 is 0.974. The molecule has 0 saturated carbocycles. The lowest BCUT2D eigenvalue weighted by Gasteiger charge is -2.34. The first-order valence-corrected chi connectivity index (χ1v) is 10.0. The molecule has 6 heteroatoms. The zero-order chi connectivity index (χ0) is 19.2. The van der Waals surface area contributed by atoms with E-state index < -0.39 is 0 Å². The van der Waals surface area contributed by atoms with Crippen LogP contribution in [0.25, 0.3) is 0 Å². The second-order valence-electron chi connectivity index (χ2n) is 6.91. The number of pyridine rings is 1. The number of Topliss-reactive ketones (excluding diaryl/α,β-unsaturated/α-hetero) is 1. The molecule has 0 N–H and O–H groups in total. The maximum atomic E-state index is 12.4. The Morgan fingerprint density at radius 2 is 1.70 bits per heavy atom. The van der Waals surface area contributed by atoms with E-state index in [0.29, 0.717) is 18.7 Å². The summed E-state index contributed by atoms with van der Waals surface area (Å²) in [5.74, 6) is 0.0974. The number of hydrogen-bond donors (Lipinski definition) is 0. The average molecular weight is 430 g/mol. The van der Waals surface area contributed by atoms with E-state index >= 15 is 0 Å². The van der Waals surface area contributed by atoms with E-state index in [2.05, 4.69) is 25.8 Å². The van der Waals surface area contributed by atoms with Gasteiger partial charge in [0.05, 0.1) is 5.69 Å². The molecule has 1 fully saturated rings. The van der Waals surface area contributed by atoms with Gasteiger partial charge in [-0.05, 0) is 35.0 Å². The zero-order valence-corrected chi connectivity index (χ0v) is 17.1. The molecule has 1 aliphatic rings. The lowest BCUT2D eigenvalue weighted by Crippen LogP contribution is -2.48. The van der Waals surface area contributed by atoms with Crippen LogP contribution in [0.5, 0.6) is 0 Å². The lowest BCUT2D eigenvalue weighted by molar-refractivity contribution is -0.133. The molecule has 1 saturated heterocycles. The first-order valence-electron chi connectivity index (χ1n) is 9.22. The third kappa shape index (κ3) is 5.71. The van der Waals surface area contributed by atoms with Crippen molar-refractivity contribution in [3.8, 4) is 0 Å². The van der Waals surface area contributed by atoms with Crippen molar-refractivity contribution < 1.29 is 9.59 Å². The van der Waals surface area contributed by atoms with Crippen molar-refractivity contribution in [3.63, 3.8) is 0 Å². The van der Waals surface area contributed by atoms with Crippen LogP contribution in [0.1, 0.15) is 34.5 Å². The minimum atomic E-state index is 0.0308. The molecule has 142 valence electrons. The predicted molar refractivity (Wildman–Crippen MR) is 109 cm³/mol. The predicted octanol–water partition coefficient (Wildman–Crippen LogP) is 3.46. The van der Waals surface area contributed by atoms with Crippen LogP contribution < -0.4 is 0 Å². The van der Waals surface area contributed by atoms with Gasteiger partial charge in [-0.15, -0.1) is 0 Å². The molecule has 1 aliphatic heterocycles. The molecular formula is C21H24BrN3O2. The normalized spacial score (nSPS) is 15.0. The summed E-state index contributed by atoms with van der Waals surface area (Å²) in [6.07, 6.45) is 2.35. The SMILES string of the molecule is Cc1ccc(C(=O)CCC(=O)N2CCN(Cc3ccc(Br)cn3)CC2)cc1. The Bertz CT molecular complexity index is 782. The van der Waals surface area contributed by atoms with Crippen LogP contribution in [0.3, 0.4) is 0 Å². The first kappa shape index (κ1) is 19.7. The van der Waals surface area contributed by atoms with Gasteiger partial charge in [-0.25, -0.2) is 0 Å². The smallest absolute Gasteiger partial charge is 0.223 e. The maximum absolute atomic E-state index is 12.4. The number of hydrogen-bond acceptors (Lipinski definition) is 4. The molecule has 0 aliphatic carbocycles. The Hall–Kier alpha value is -2.05. The molecular weight excluding hydrogens is 406 g/mol. The van der Waals surface area contributed by atoms with Gasteiger partial charge >= 0.3 is 0 Å². The van der Waals surface area contributed by atoms with Gasteiger partial charge in [-0.2, -0.15) is 0 Å². The van der Waals surface area contributed by atoms with Crippen LogP contribution >= 0.6 is 15.9 Å². The number of carbonyl (C=O) groups excluding carboxylic acids is 2. The maximum Gasteiger partial charge on any atom is 0.223 e. The summed E-state index contributed by atoms with van der Waals surface area (Å²) in [6.45, 7) is 5.85. The highest BCUT2D eigenvalue weighted by Gasteiger charge is 2.22. The molecule has 1 amide bonds. The topological polar surface area (TPSA) is 53.5 Å². The number of carbonyl (C=O) groups is 2. The number of rotatable bonds is 6. The summed E-state index contributed by atoms with van der Waals surface area (Å²) in [5, 5.41) is 0. The number of aromatic nitrogens is 1. The Morgan fingerprint density at radius 1 is 1.00 bits per heavy atom. The van der Waals surface area contributed by atoms with Gasteiger partial charge < -0.3 is 4.90 Å². The number of piperazine rings is 1. The number of halogens is 1. The van der Waals surface area contributed by atoms with Gasteiger partial charge in [-0.3, -0.25) is 19.5 Å². The number of benzene rings is 1. The Morgan fingerprint density at radius 3 is 2.33 bits per heavy atom. The second kappa shape index (κ2) is 9.24. The molecule has 0 radical (unpaired) electrons. The summed E-state index contributed by atoms with van der Waals surface area (Å²) in [4.78, 5) is 33.2. The second-order valence-corrected chi connectivity index (χ2v) is 7.83. The highest BCUT2D eigenvalue weighted by Crippen LogP contribution is 2.13. The Labute approximate surface area is 168 Å². The van der Waals surface area contributed by atoms with Crippen molar-refractivity contribution in [3.05, 3.63) is 63.9 Å². The van der Waals surface area contributed by atoms with Crippen LogP contribution in [0.15, 0.2) is 47.1 Å². The van der Waals surface area contributed by atoms with E-state index in [1.54, 1.807) is 6.20 Å². The molecule has 2 heterocycles. The van der Waals surface area contributed by atoms with Crippen molar-refractivity contribution in [2.75, 3.05) is 26.2 Å². The minimum Gasteiger partial charge on any atom is -0.340 e. The summed E-state index contributed by atoms with van der Waals surface area (Å²) in [7, 11) is 0. The molecule has 0 atom stereocenters. The average Bonchev–Trinajstić information content (AvgIpc) is 2.69. The molecule has 3 rings (SSSR count). The fraction of sp³-hybridized carbons (Fsp3) is 0.381. The molecule has 1 aromatic heterocycles. The summed E-state index contributed by atoms with van der Waals surface area (Å²) in [6, 6.07) is 11.5. The van der Waals surface area contributed by atoms with E-state index in [9.17, 15) is 9.59 Å². The molecule has 1 aromatic carbocycles. The number of ketones is 1. The van der Waals surface area contributed by atoms with Crippen LogP contribution in [-0.2, 0) is 11.3 Å². The Kier molecular flexibility index (Phi) is 6.74. The van der Waals surface area contributed by atoms with Crippen molar-refractivity contribution in [1.82, 2.24) is 14.8 Å². The summed E-state index contributed by atoms with van der Waals surface area (Å²) in [5.41, 5.74) is 2.83. The molecule has 0 bridgehead atoms. The van der Waals surface area contributed by atoms with Crippen LogP contribution in [0, 0.1) is 6.92 Å². The largest absolute Gasteiger partial charge is 0.340 e. The van der Waals surface area contributed by atoms with Gasteiger partial charge in [0.15, 0.2) is 5.78 Å². The van der Waals surface area contributed by atoms with E-state index in [1.165, 1.54) is 0 Å². The van der Waals surface area contributed by atoms with Crippen molar-refractivity contribution in [2.45, 2.75) is 26.3 Å². The van der Waals surface area contributed by atoms with Crippen molar-refractivity contribution in [2.24, 2.45) is 0 Å². The zero-order valence-electron chi connectivity index (χ0n) is 15.5. The monoisotopic (exact) mass is 429 g/mol. The fourth-order valence-electron chi connectivity index (χ4n) is 3.15. The summed E-state index contributed by atoms with van der Waals surface area (Å²) >= 11 is 3.39. The number of aryl methyl sites for hydroxylation is 1. The highest BCUT2D eigenvalue weighted by molar-refractivity contribution is 9.10. The van der Waals surface area contributed by atoms with E-state index in [-0.39, 0.29) is 24.5 Å². The standard InChI is InChI=1S/C21H24BrN3O2/c1-16-2-4-17(5-3-16)20(26)8-9-21(27)25-12-10-24(11-13-25)15-19-7-6-18(22)14-23-19/h2-7,14H,8-13,15H2,1H3. The van der Waals surface area contributed by atoms with Crippen LogP contribution in [0.2, 0.25) is 0 Å². The van der Waals surface area contributed by atoms with E-state index in [4.69, 9.17) is 0 Å². The number of nitrogens with zero attached hydrogens (tertiary/aromatic N) is 3. The molecule has 2 aromatic rings. The van der Waals surface area contributed by atoms with Gasteiger partial charge in [0, 0.05) is 61.8 Å². The lowest BCUT2D eigenvalue weighted by atomic mass is 10.0.